The first-order chi connectivity index (χ1) is 11.2. The number of fused-ring (bicyclic) bond motifs is 4. The maximum atomic E-state index is 2.55. The van der Waals surface area contributed by atoms with Crippen LogP contribution in [0, 0.1) is 0 Å². The van der Waals surface area contributed by atoms with Crippen molar-refractivity contribution in [2.45, 2.75) is 0 Å². The van der Waals surface area contributed by atoms with Crippen molar-refractivity contribution in [2.24, 2.45) is 0 Å². The van der Waals surface area contributed by atoms with Gasteiger partial charge in [0.15, 0.2) is 0 Å². The molecule has 3 heteroatoms. The Bertz CT molecular complexity index is 878. The van der Waals surface area contributed by atoms with Crippen molar-refractivity contribution in [3.05, 3.63) is 78.9 Å². The maximum absolute atomic E-state index is 2.60. The van der Waals surface area contributed by atoms with Crippen molar-refractivity contribution in [3.8, 4) is 0 Å². The number of anilines is 2. The van der Waals surface area contributed by atoms with Gasteiger partial charge in [-0.3, -0.25) is 0 Å². The van der Waals surface area contributed by atoms with E-state index < -0.39 is 6.90 Å². The summed E-state index contributed by atoms with van der Waals surface area (Å²) in [6.45, 7) is -2.60. The second-order valence-corrected chi connectivity index (χ2v) is 11.1. The normalized spacial score (nSPS) is 20.5. The average molecular weight is 318 g/mol. The van der Waals surface area contributed by atoms with Crippen LogP contribution in [0.2, 0.25) is 0 Å². The van der Waals surface area contributed by atoms with Crippen molar-refractivity contribution in [3.63, 3.8) is 0 Å². The summed E-state index contributed by atoms with van der Waals surface area (Å²) < 4.78 is 5.11. The van der Waals surface area contributed by atoms with Crippen LogP contribution in [0.3, 0.4) is 0 Å². The zero-order valence-corrected chi connectivity index (χ0v) is 14.2. The Balaban J connectivity index is 1.97. The SMILES string of the molecule is CN1c2ccccc2P12(c1ccccc1)c1ccccc1N2C. The molecule has 2 aliphatic heterocycles. The molecular weight excluding hydrogens is 299 g/mol. The Morgan fingerprint density at radius 3 is 1.52 bits per heavy atom. The molecule has 3 aromatic carbocycles. The molecule has 3 aromatic rings. The molecule has 0 N–H and O–H groups in total. The molecule has 0 radical (unpaired) electrons. The van der Waals surface area contributed by atoms with Gasteiger partial charge in [-0.25, -0.2) is 0 Å². The molecule has 0 saturated heterocycles. The van der Waals surface area contributed by atoms with Crippen LogP contribution in [-0.4, -0.2) is 14.1 Å². The van der Waals surface area contributed by atoms with Crippen molar-refractivity contribution in [1.82, 2.24) is 0 Å². The number of nitrogens with zero attached hydrogens (tertiary/aromatic N) is 2. The third kappa shape index (κ3) is 1.08. The Labute approximate surface area is 137 Å². The summed E-state index contributed by atoms with van der Waals surface area (Å²) >= 11 is 0. The zero-order valence-electron chi connectivity index (χ0n) is 13.3. The van der Waals surface area contributed by atoms with E-state index in [0.717, 1.165) is 0 Å². The topological polar surface area (TPSA) is 6.48 Å². The van der Waals surface area contributed by atoms with E-state index in [1.165, 1.54) is 27.3 Å². The minimum atomic E-state index is -2.60. The first kappa shape index (κ1) is 13.2. The molecule has 5 rings (SSSR count). The van der Waals surface area contributed by atoms with Crippen LogP contribution >= 0.6 is 6.90 Å². The summed E-state index contributed by atoms with van der Waals surface area (Å²) in [6, 6.07) is 28.8. The molecule has 0 saturated carbocycles. The molecule has 0 amide bonds. The van der Waals surface area contributed by atoms with Gasteiger partial charge in [0.05, 0.1) is 0 Å². The third-order valence-electron chi connectivity index (χ3n) is 5.79. The van der Waals surface area contributed by atoms with Gasteiger partial charge in [0.1, 0.15) is 0 Å². The van der Waals surface area contributed by atoms with Crippen molar-refractivity contribution in [1.29, 1.82) is 0 Å². The Hall–Kier alpha value is -2.31. The first-order valence-corrected chi connectivity index (χ1v) is 10.1. The quantitative estimate of drug-likeness (QED) is 0.636. The van der Waals surface area contributed by atoms with E-state index in [1.807, 2.05) is 0 Å². The Morgan fingerprint density at radius 2 is 1.00 bits per heavy atom. The monoisotopic (exact) mass is 318 g/mol. The van der Waals surface area contributed by atoms with Crippen molar-refractivity contribution < 1.29 is 0 Å². The van der Waals surface area contributed by atoms with Gasteiger partial charge in [0, 0.05) is 0 Å². The molecule has 0 bridgehead atoms. The van der Waals surface area contributed by atoms with Crippen LogP contribution in [0.5, 0.6) is 0 Å². The molecule has 23 heavy (non-hydrogen) atoms. The Morgan fingerprint density at radius 1 is 0.565 bits per heavy atom. The molecule has 1 spiro atoms. The van der Waals surface area contributed by atoms with Crippen molar-refractivity contribution >= 4 is 34.2 Å². The molecule has 2 aliphatic rings. The molecule has 0 aliphatic carbocycles. The van der Waals surface area contributed by atoms with Gasteiger partial charge < -0.3 is 0 Å². The summed E-state index contributed by atoms with van der Waals surface area (Å²) in [5.74, 6) is 0. The second-order valence-electron chi connectivity index (χ2n) is 6.39. The van der Waals surface area contributed by atoms with Crippen LogP contribution in [-0.2, 0) is 0 Å². The zero-order chi connectivity index (χ0) is 15.7. The number of hydrogen-bond donors (Lipinski definition) is 0. The summed E-state index contributed by atoms with van der Waals surface area (Å²) in [4.78, 5) is 0. The standard InChI is InChI=1S/C20H19N2P/c1-21-17-12-6-8-14-19(17)23(21,16-10-4-3-5-11-16)20-15-9-7-13-18(20)22(23)2/h3-15H,1-2H3. The van der Waals surface area contributed by atoms with Gasteiger partial charge in [0.25, 0.3) is 0 Å². The van der Waals surface area contributed by atoms with Gasteiger partial charge in [-0.05, 0) is 0 Å². The van der Waals surface area contributed by atoms with E-state index in [2.05, 4.69) is 102 Å². The van der Waals surface area contributed by atoms with Gasteiger partial charge in [-0.15, -0.1) is 0 Å². The van der Waals surface area contributed by atoms with E-state index >= 15 is 0 Å². The summed E-state index contributed by atoms with van der Waals surface area (Å²) in [5, 5.41) is 4.42. The first-order valence-electron chi connectivity index (χ1n) is 7.98. The van der Waals surface area contributed by atoms with E-state index in [9.17, 15) is 0 Å². The van der Waals surface area contributed by atoms with Gasteiger partial charge >= 0.3 is 136 Å². The molecular formula is C20H19N2P. The molecule has 0 fully saturated rings. The Kier molecular flexibility index (Phi) is 2.26. The number of benzene rings is 3. The average Bonchev–Trinajstić information content (AvgIpc) is 2.63. The number of hydrogen-bond acceptors (Lipinski definition) is 2. The molecule has 0 atom stereocenters. The van der Waals surface area contributed by atoms with Crippen LogP contribution in [0.15, 0.2) is 78.9 Å². The summed E-state index contributed by atoms with van der Waals surface area (Å²) in [5.41, 5.74) is 2.71. The number of para-hydroxylation sites is 2. The van der Waals surface area contributed by atoms with E-state index in [0.29, 0.717) is 0 Å². The van der Waals surface area contributed by atoms with Gasteiger partial charge in [-0.1, -0.05) is 0 Å². The summed E-state index contributed by atoms with van der Waals surface area (Å²) in [6.07, 6.45) is 0. The fourth-order valence-electron chi connectivity index (χ4n) is 4.83. The second kappa shape index (κ2) is 3.96. The van der Waals surface area contributed by atoms with Crippen LogP contribution in [0.1, 0.15) is 0 Å². The van der Waals surface area contributed by atoms with E-state index in [-0.39, 0.29) is 0 Å². The van der Waals surface area contributed by atoms with E-state index in [4.69, 9.17) is 0 Å². The van der Waals surface area contributed by atoms with Gasteiger partial charge in [-0.2, -0.15) is 0 Å². The van der Waals surface area contributed by atoms with Crippen LogP contribution < -0.4 is 25.3 Å². The predicted molar refractivity (Wildman–Crippen MR) is 102 cm³/mol. The molecule has 114 valence electrons. The van der Waals surface area contributed by atoms with Gasteiger partial charge in [0.2, 0.25) is 0 Å². The molecule has 2 nitrogen and oxygen atoms in total. The molecule has 0 unspecified atom stereocenters. The minimum absolute atomic E-state index is 1.36. The van der Waals surface area contributed by atoms with Crippen LogP contribution in [0.25, 0.3) is 0 Å². The van der Waals surface area contributed by atoms with Crippen molar-refractivity contribution in [2.75, 3.05) is 23.4 Å². The molecule has 0 aromatic heterocycles. The van der Waals surface area contributed by atoms with Crippen LogP contribution in [0.4, 0.5) is 11.4 Å². The third-order valence-corrected chi connectivity index (χ3v) is 12.4. The summed E-state index contributed by atoms with van der Waals surface area (Å²) in [7, 11) is 4.53. The van der Waals surface area contributed by atoms with E-state index in [1.54, 1.807) is 0 Å². The fourth-order valence-corrected chi connectivity index (χ4v) is 11.7. The fraction of sp³-hybridized carbons (Fsp3) is 0.100. The number of rotatable bonds is 1. The molecule has 2 heterocycles. The predicted octanol–water partition coefficient (Wildman–Crippen LogP) is 3.25.